The minimum absolute atomic E-state index is 0.180. The third-order valence-corrected chi connectivity index (χ3v) is 2.58. The topological polar surface area (TPSA) is 29.1 Å². The molecule has 89 valence electrons. The Kier molecular flexibility index (Phi) is 4.15. The van der Waals surface area contributed by atoms with E-state index in [0.29, 0.717) is 10.6 Å². The summed E-state index contributed by atoms with van der Waals surface area (Å²) in [6.07, 6.45) is 4.44. The van der Waals surface area contributed by atoms with Crippen LogP contribution in [0.3, 0.4) is 0 Å². The number of hydrogen-bond donors (Lipinski definition) is 1. The number of amides is 1. The van der Waals surface area contributed by atoms with E-state index in [1.165, 1.54) is 0 Å². The van der Waals surface area contributed by atoms with Crippen molar-refractivity contribution in [3.05, 3.63) is 76.9 Å². The van der Waals surface area contributed by atoms with Gasteiger partial charge < -0.3 is 5.32 Å². The van der Waals surface area contributed by atoms with Crippen LogP contribution in [0.5, 0.6) is 0 Å². The molecule has 0 aliphatic rings. The fourth-order valence-corrected chi connectivity index (χ4v) is 1.53. The predicted molar refractivity (Wildman–Crippen MR) is 73.1 cm³/mol. The van der Waals surface area contributed by atoms with Crippen LogP contribution in [0.4, 0.5) is 0 Å². The molecule has 2 aromatic rings. The number of halogens is 1. The number of rotatable bonds is 3. The van der Waals surface area contributed by atoms with Gasteiger partial charge in [0.15, 0.2) is 0 Å². The van der Waals surface area contributed by atoms with Crippen LogP contribution in [-0.4, -0.2) is 5.91 Å². The van der Waals surface area contributed by atoms with Crippen LogP contribution >= 0.6 is 11.6 Å². The van der Waals surface area contributed by atoms with E-state index < -0.39 is 0 Å². The molecule has 3 heteroatoms. The van der Waals surface area contributed by atoms with E-state index in [-0.39, 0.29) is 5.91 Å². The average Bonchev–Trinajstić information content (AvgIpc) is 2.42. The number of benzene rings is 2. The SMILES string of the molecule is O=C(N[C]=Cc1ccc(Cl)cc1)c1ccccc1. The Hall–Kier alpha value is -2.06. The largest absolute Gasteiger partial charge is 0.320 e. The molecule has 1 amide bonds. The summed E-state index contributed by atoms with van der Waals surface area (Å²) in [5, 5.41) is 3.27. The molecule has 2 rings (SSSR count). The van der Waals surface area contributed by atoms with Crippen LogP contribution < -0.4 is 5.32 Å². The van der Waals surface area contributed by atoms with E-state index in [1.807, 2.05) is 30.3 Å². The minimum Gasteiger partial charge on any atom is -0.320 e. The van der Waals surface area contributed by atoms with E-state index in [4.69, 9.17) is 11.6 Å². The number of carbonyl (C=O) groups is 1. The van der Waals surface area contributed by atoms with Gasteiger partial charge >= 0.3 is 0 Å². The van der Waals surface area contributed by atoms with Gasteiger partial charge in [0.2, 0.25) is 0 Å². The molecule has 0 aliphatic carbocycles. The van der Waals surface area contributed by atoms with Crippen molar-refractivity contribution in [2.24, 2.45) is 0 Å². The second-order valence-corrected chi connectivity index (χ2v) is 4.10. The van der Waals surface area contributed by atoms with Crippen LogP contribution in [-0.2, 0) is 0 Å². The van der Waals surface area contributed by atoms with Crippen molar-refractivity contribution in [3.63, 3.8) is 0 Å². The van der Waals surface area contributed by atoms with E-state index in [1.54, 1.807) is 30.3 Å². The highest BCUT2D eigenvalue weighted by atomic mass is 35.5. The Bertz CT molecular complexity index is 546. The van der Waals surface area contributed by atoms with Gasteiger partial charge in [0.1, 0.15) is 0 Å². The van der Waals surface area contributed by atoms with Gasteiger partial charge in [-0.2, -0.15) is 0 Å². The fourth-order valence-electron chi connectivity index (χ4n) is 1.41. The molecule has 0 atom stereocenters. The van der Waals surface area contributed by atoms with E-state index in [2.05, 4.69) is 11.5 Å². The summed E-state index contributed by atoms with van der Waals surface area (Å²) >= 11 is 5.77. The Labute approximate surface area is 111 Å². The zero-order valence-electron chi connectivity index (χ0n) is 9.56. The minimum atomic E-state index is -0.180. The van der Waals surface area contributed by atoms with Crippen molar-refractivity contribution in [1.82, 2.24) is 5.32 Å². The van der Waals surface area contributed by atoms with Crippen molar-refractivity contribution < 1.29 is 4.79 Å². The zero-order chi connectivity index (χ0) is 12.8. The Balaban J connectivity index is 1.96. The van der Waals surface area contributed by atoms with E-state index in [9.17, 15) is 4.79 Å². The highest BCUT2D eigenvalue weighted by molar-refractivity contribution is 6.30. The molecule has 18 heavy (non-hydrogen) atoms. The third kappa shape index (κ3) is 3.47. The van der Waals surface area contributed by atoms with Crippen LogP contribution in [0.1, 0.15) is 15.9 Å². The van der Waals surface area contributed by atoms with Crippen molar-refractivity contribution >= 4 is 23.6 Å². The van der Waals surface area contributed by atoms with Crippen molar-refractivity contribution in [2.75, 3.05) is 0 Å². The van der Waals surface area contributed by atoms with Gasteiger partial charge in [-0.1, -0.05) is 41.9 Å². The molecule has 1 radical (unpaired) electrons. The maximum Gasteiger partial charge on any atom is 0.255 e. The molecule has 1 N–H and O–H groups in total. The summed E-state index contributed by atoms with van der Waals surface area (Å²) in [5.41, 5.74) is 1.53. The molecular weight excluding hydrogens is 246 g/mol. The second-order valence-electron chi connectivity index (χ2n) is 3.66. The first-order valence-corrected chi connectivity index (χ1v) is 5.83. The Morgan fingerprint density at radius 1 is 1.06 bits per heavy atom. The molecule has 0 aliphatic heterocycles. The smallest absolute Gasteiger partial charge is 0.255 e. The van der Waals surface area contributed by atoms with Gasteiger partial charge in [0.05, 0.1) is 6.20 Å². The molecule has 0 fully saturated rings. The first-order valence-electron chi connectivity index (χ1n) is 5.45. The van der Waals surface area contributed by atoms with Gasteiger partial charge in [0, 0.05) is 10.6 Å². The van der Waals surface area contributed by atoms with Crippen molar-refractivity contribution in [3.8, 4) is 0 Å². The molecule has 0 unspecified atom stereocenters. The molecule has 0 bridgehead atoms. The summed E-state index contributed by atoms with van der Waals surface area (Å²) in [7, 11) is 0. The Morgan fingerprint density at radius 3 is 2.39 bits per heavy atom. The molecule has 0 saturated carbocycles. The first kappa shape index (κ1) is 12.4. The zero-order valence-corrected chi connectivity index (χ0v) is 10.3. The normalized spacial score (nSPS) is 10.5. The van der Waals surface area contributed by atoms with Crippen LogP contribution in [0, 0.1) is 6.20 Å². The number of carbonyl (C=O) groups excluding carboxylic acids is 1. The summed E-state index contributed by atoms with van der Waals surface area (Å²) in [6.45, 7) is 0. The summed E-state index contributed by atoms with van der Waals surface area (Å²) < 4.78 is 0. The van der Waals surface area contributed by atoms with Gasteiger partial charge in [-0.25, -0.2) is 0 Å². The molecule has 0 aromatic heterocycles. The van der Waals surface area contributed by atoms with Crippen LogP contribution in [0.2, 0.25) is 5.02 Å². The number of hydrogen-bond acceptors (Lipinski definition) is 1. The highest BCUT2D eigenvalue weighted by Crippen LogP contribution is 2.10. The molecule has 0 heterocycles. The second kappa shape index (κ2) is 6.03. The standard InChI is InChI=1S/C15H11ClNO/c16-14-8-6-12(7-9-14)10-11-17-15(18)13-4-2-1-3-5-13/h1-10H,(H,17,18). The van der Waals surface area contributed by atoms with E-state index in [0.717, 1.165) is 5.56 Å². The fraction of sp³-hybridized carbons (Fsp3) is 0. The van der Waals surface area contributed by atoms with Gasteiger partial charge in [-0.3, -0.25) is 4.79 Å². The quantitative estimate of drug-likeness (QED) is 0.836. The Morgan fingerprint density at radius 2 is 1.72 bits per heavy atom. The van der Waals surface area contributed by atoms with Crippen LogP contribution in [0.25, 0.3) is 6.08 Å². The molecule has 0 saturated heterocycles. The number of nitrogens with one attached hydrogen (secondary N) is 1. The lowest BCUT2D eigenvalue weighted by Crippen LogP contribution is -2.17. The molecular formula is C15H11ClNO. The summed E-state index contributed by atoms with van der Waals surface area (Å²) in [4.78, 5) is 11.7. The average molecular weight is 257 g/mol. The first-order chi connectivity index (χ1) is 8.75. The van der Waals surface area contributed by atoms with Crippen molar-refractivity contribution in [2.45, 2.75) is 0 Å². The third-order valence-electron chi connectivity index (χ3n) is 2.33. The molecule has 0 spiro atoms. The van der Waals surface area contributed by atoms with Crippen molar-refractivity contribution in [1.29, 1.82) is 0 Å². The lowest BCUT2D eigenvalue weighted by Gasteiger charge is -1.98. The lowest BCUT2D eigenvalue weighted by molar-refractivity contribution is 0.0968. The van der Waals surface area contributed by atoms with Crippen LogP contribution in [0.15, 0.2) is 54.6 Å². The maximum absolute atomic E-state index is 11.7. The van der Waals surface area contributed by atoms with Gasteiger partial charge in [-0.15, -0.1) is 0 Å². The molecule has 2 aromatic carbocycles. The van der Waals surface area contributed by atoms with Gasteiger partial charge in [0.25, 0.3) is 5.91 Å². The summed E-state index contributed by atoms with van der Waals surface area (Å²) in [6, 6.07) is 16.3. The summed E-state index contributed by atoms with van der Waals surface area (Å²) in [5.74, 6) is -0.180. The monoisotopic (exact) mass is 256 g/mol. The van der Waals surface area contributed by atoms with E-state index >= 15 is 0 Å². The lowest BCUT2D eigenvalue weighted by atomic mass is 10.2. The highest BCUT2D eigenvalue weighted by Gasteiger charge is 2.00. The van der Waals surface area contributed by atoms with Gasteiger partial charge in [-0.05, 0) is 35.9 Å². The predicted octanol–water partition coefficient (Wildman–Crippen LogP) is 3.54. The molecule has 2 nitrogen and oxygen atoms in total. The maximum atomic E-state index is 11.7.